The van der Waals surface area contributed by atoms with Crippen molar-refractivity contribution >= 4 is 29.0 Å². The molecular formula is C21H18F3N5O2. The fourth-order valence-electron chi connectivity index (χ4n) is 2.78. The number of para-hydroxylation sites is 1. The number of anilines is 3. The number of aromatic nitrogens is 2. The summed E-state index contributed by atoms with van der Waals surface area (Å²) >= 11 is 0. The number of nitrogens with one attached hydrogen (secondary N) is 3. The van der Waals surface area contributed by atoms with Gasteiger partial charge < -0.3 is 16.0 Å². The molecule has 2 heterocycles. The van der Waals surface area contributed by atoms with Crippen LogP contribution < -0.4 is 16.0 Å². The fourth-order valence-corrected chi connectivity index (χ4v) is 2.78. The van der Waals surface area contributed by atoms with E-state index in [9.17, 15) is 22.8 Å². The maximum Gasteiger partial charge on any atom is 0.417 e. The Bertz CT molecular complexity index is 1130. The molecule has 0 atom stereocenters. The normalized spacial score (nSPS) is 11.0. The van der Waals surface area contributed by atoms with E-state index in [1.807, 2.05) is 19.1 Å². The summed E-state index contributed by atoms with van der Waals surface area (Å²) in [6.45, 7) is 1.85. The van der Waals surface area contributed by atoms with Crippen molar-refractivity contribution in [1.82, 2.24) is 15.3 Å². The first-order valence-corrected chi connectivity index (χ1v) is 9.08. The van der Waals surface area contributed by atoms with E-state index in [0.717, 1.165) is 24.0 Å². The molecule has 3 aromatic rings. The topological polar surface area (TPSA) is 96.0 Å². The molecule has 0 saturated heterocycles. The third-order valence-corrected chi connectivity index (χ3v) is 4.39. The molecule has 1 aromatic carbocycles. The number of hydrogen-bond donors (Lipinski definition) is 3. The summed E-state index contributed by atoms with van der Waals surface area (Å²) < 4.78 is 39.9. The van der Waals surface area contributed by atoms with Gasteiger partial charge in [-0.3, -0.25) is 14.6 Å². The van der Waals surface area contributed by atoms with Crippen LogP contribution >= 0.6 is 0 Å². The molecule has 0 bridgehead atoms. The Balaban J connectivity index is 2.01. The van der Waals surface area contributed by atoms with Gasteiger partial charge in [0.1, 0.15) is 0 Å². The first-order valence-electron chi connectivity index (χ1n) is 9.08. The van der Waals surface area contributed by atoms with Gasteiger partial charge in [0.2, 0.25) is 0 Å². The number of aryl methyl sites for hydroxylation is 1. The van der Waals surface area contributed by atoms with Crippen molar-refractivity contribution < 1.29 is 22.8 Å². The highest BCUT2D eigenvalue weighted by Crippen LogP contribution is 2.32. The lowest BCUT2D eigenvalue weighted by Gasteiger charge is -2.16. The van der Waals surface area contributed by atoms with E-state index in [4.69, 9.17) is 0 Å². The van der Waals surface area contributed by atoms with E-state index >= 15 is 0 Å². The van der Waals surface area contributed by atoms with Gasteiger partial charge in [-0.15, -0.1) is 0 Å². The lowest BCUT2D eigenvalue weighted by molar-refractivity contribution is -0.138. The number of carbonyl (C=O) groups is 2. The van der Waals surface area contributed by atoms with Gasteiger partial charge in [0.15, 0.2) is 5.82 Å². The van der Waals surface area contributed by atoms with Gasteiger partial charge in [0.25, 0.3) is 11.8 Å². The summed E-state index contributed by atoms with van der Waals surface area (Å²) in [5.41, 5.74) is -0.0631. The van der Waals surface area contributed by atoms with Crippen LogP contribution in [0.4, 0.5) is 30.4 Å². The molecule has 0 spiro atoms. The Morgan fingerprint density at radius 1 is 1.00 bits per heavy atom. The minimum atomic E-state index is -4.74. The van der Waals surface area contributed by atoms with Gasteiger partial charge in [0.05, 0.1) is 22.4 Å². The number of amides is 2. The molecule has 10 heteroatoms. The maximum atomic E-state index is 13.3. The minimum absolute atomic E-state index is 0.0336. The molecule has 7 nitrogen and oxygen atoms in total. The first-order chi connectivity index (χ1) is 14.7. The van der Waals surface area contributed by atoms with Crippen LogP contribution in [0, 0.1) is 6.92 Å². The second-order valence-electron chi connectivity index (χ2n) is 6.51. The van der Waals surface area contributed by atoms with Crippen LogP contribution in [0.25, 0.3) is 0 Å². The van der Waals surface area contributed by atoms with Crippen molar-refractivity contribution in [2.45, 2.75) is 13.1 Å². The number of rotatable bonds is 5. The van der Waals surface area contributed by atoms with Crippen LogP contribution in [-0.2, 0) is 6.18 Å². The van der Waals surface area contributed by atoms with Crippen LogP contribution in [-0.4, -0.2) is 28.8 Å². The monoisotopic (exact) mass is 429 g/mol. The van der Waals surface area contributed by atoms with Crippen LogP contribution in [0.15, 0.2) is 55.0 Å². The molecule has 0 fully saturated rings. The van der Waals surface area contributed by atoms with Crippen molar-refractivity contribution in [3.8, 4) is 0 Å². The lowest BCUT2D eigenvalue weighted by Crippen LogP contribution is -2.21. The molecule has 0 aliphatic carbocycles. The zero-order valence-corrected chi connectivity index (χ0v) is 16.5. The summed E-state index contributed by atoms with van der Waals surface area (Å²) in [6.07, 6.45) is -1.65. The van der Waals surface area contributed by atoms with Crippen molar-refractivity contribution in [1.29, 1.82) is 0 Å². The van der Waals surface area contributed by atoms with Gasteiger partial charge >= 0.3 is 6.18 Å². The number of halogens is 3. The van der Waals surface area contributed by atoms with Crippen LogP contribution in [0.2, 0.25) is 0 Å². The van der Waals surface area contributed by atoms with E-state index in [2.05, 4.69) is 25.9 Å². The van der Waals surface area contributed by atoms with Crippen molar-refractivity contribution in [3.05, 3.63) is 77.2 Å². The molecule has 2 amide bonds. The third-order valence-electron chi connectivity index (χ3n) is 4.39. The lowest BCUT2D eigenvalue weighted by atomic mass is 10.1. The highest BCUT2D eigenvalue weighted by Gasteiger charge is 2.35. The van der Waals surface area contributed by atoms with E-state index < -0.39 is 29.1 Å². The summed E-state index contributed by atoms with van der Waals surface area (Å²) in [6, 6.07) is 9.31. The molecule has 3 N–H and O–H groups in total. The second-order valence-corrected chi connectivity index (χ2v) is 6.51. The highest BCUT2D eigenvalue weighted by molar-refractivity contribution is 6.07. The molecule has 0 aliphatic heterocycles. The van der Waals surface area contributed by atoms with E-state index in [-0.39, 0.29) is 17.1 Å². The Morgan fingerprint density at radius 2 is 1.74 bits per heavy atom. The van der Waals surface area contributed by atoms with Crippen LogP contribution in [0.5, 0.6) is 0 Å². The fraction of sp³-hybridized carbons (Fsp3) is 0.143. The molecule has 0 radical (unpaired) electrons. The highest BCUT2D eigenvalue weighted by atomic mass is 19.4. The number of alkyl halides is 3. The minimum Gasteiger partial charge on any atom is -0.355 e. The third kappa shape index (κ3) is 4.97. The van der Waals surface area contributed by atoms with Gasteiger partial charge in [0, 0.05) is 31.3 Å². The van der Waals surface area contributed by atoms with Crippen molar-refractivity contribution in [2.24, 2.45) is 0 Å². The molecule has 2 aromatic heterocycles. The zero-order valence-electron chi connectivity index (χ0n) is 16.5. The number of benzene rings is 1. The zero-order chi connectivity index (χ0) is 22.6. The Kier molecular flexibility index (Phi) is 6.19. The average Bonchev–Trinajstić information content (AvgIpc) is 2.75. The van der Waals surface area contributed by atoms with Gasteiger partial charge in [-0.25, -0.2) is 4.98 Å². The Labute approximate surface area is 175 Å². The molecule has 0 saturated carbocycles. The van der Waals surface area contributed by atoms with Crippen LogP contribution in [0.1, 0.15) is 31.8 Å². The molecule has 0 aliphatic rings. The van der Waals surface area contributed by atoms with Crippen molar-refractivity contribution in [3.63, 3.8) is 0 Å². The first kappa shape index (κ1) is 21.8. The summed E-state index contributed by atoms with van der Waals surface area (Å²) in [7, 11) is 1.42. The van der Waals surface area contributed by atoms with Crippen LogP contribution in [0.3, 0.4) is 0 Å². The number of nitrogens with zero attached hydrogens (tertiary/aromatic N) is 2. The van der Waals surface area contributed by atoms with Crippen molar-refractivity contribution in [2.75, 3.05) is 17.7 Å². The van der Waals surface area contributed by atoms with E-state index in [1.54, 1.807) is 12.1 Å². The standard InChI is InChI=1S/C21H18F3N5O2/c1-12-5-3-4-6-16(12)28-18-17(9-13(10-27-18)19(30)25-2)29-20(31)14-11-26-8-7-15(14)21(22,23)24/h3-11H,1-2H3,(H,25,30)(H,27,28)(H,29,31). The maximum absolute atomic E-state index is 13.3. The van der Waals surface area contributed by atoms with Gasteiger partial charge in [-0.2, -0.15) is 13.2 Å². The average molecular weight is 429 g/mol. The summed E-state index contributed by atoms with van der Waals surface area (Å²) in [5.74, 6) is -1.35. The molecule has 3 rings (SSSR count). The summed E-state index contributed by atoms with van der Waals surface area (Å²) in [5, 5.41) is 7.88. The molecule has 0 unspecified atom stereocenters. The number of carbonyl (C=O) groups excluding carboxylic acids is 2. The smallest absolute Gasteiger partial charge is 0.355 e. The molecule has 31 heavy (non-hydrogen) atoms. The predicted octanol–water partition coefficient (Wildman–Crippen LogP) is 4.16. The van der Waals surface area contributed by atoms with E-state index in [0.29, 0.717) is 5.69 Å². The second kappa shape index (κ2) is 8.82. The predicted molar refractivity (Wildman–Crippen MR) is 109 cm³/mol. The SMILES string of the molecule is CNC(=O)c1cnc(Nc2ccccc2C)c(NC(=O)c2cnccc2C(F)(F)F)c1. The summed E-state index contributed by atoms with van der Waals surface area (Å²) in [4.78, 5) is 32.5. The molecular weight excluding hydrogens is 411 g/mol. The Hall–Kier alpha value is -3.95. The van der Waals surface area contributed by atoms with E-state index in [1.165, 1.54) is 19.3 Å². The molecule has 160 valence electrons. The number of hydrogen-bond acceptors (Lipinski definition) is 5. The number of pyridine rings is 2. The Morgan fingerprint density at radius 3 is 2.42 bits per heavy atom. The quantitative estimate of drug-likeness (QED) is 0.566. The van der Waals surface area contributed by atoms with Gasteiger partial charge in [-0.05, 0) is 30.7 Å². The largest absolute Gasteiger partial charge is 0.417 e. The van der Waals surface area contributed by atoms with Gasteiger partial charge in [-0.1, -0.05) is 18.2 Å².